The Hall–Kier alpha value is -1.69. The zero-order chi connectivity index (χ0) is 11.4. The van der Waals surface area contributed by atoms with E-state index in [-0.39, 0.29) is 0 Å². The molecular formula is C10H13N5S. The van der Waals surface area contributed by atoms with Crippen LogP contribution in [0.3, 0.4) is 0 Å². The summed E-state index contributed by atoms with van der Waals surface area (Å²) in [6.45, 7) is 0.653. The van der Waals surface area contributed by atoms with Gasteiger partial charge in [-0.25, -0.2) is 4.98 Å². The third kappa shape index (κ3) is 2.66. The van der Waals surface area contributed by atoms with E-state index in [1.165, 1.54) is 11.5 Å². The first-order chi connectivity index (χ1) is 7.75. The lowest BCUT2D eigenvalue weighted by molar-refractivity contribution is 0.988. The van der Waals surface area contributed by atoms with Crippen LogP contribution in [0.25, 0.3) is 0 Å². The van der Waals surface area contributed by atoms with E-state index in [9.17, 15) is 0 Å². The Morgan fingerprint density at radius 1 is 1.44 bits per heavy atom. The summed E-state index contributed by atoms with van der Waals surface area (Å²) >= 11 is 1.35. The second-order valence-corrected chi connectivity index (χ2v) is 4.15. The van der Waals surface area contributed by atoms with E-state index in [0.29, 0.717) is 6.54 Å². The summed E-state index contributed by atoms with van der Waals surface area (Å²) in [5.41, 5.74) is 2.05. The van der Waals surface area contributed by atoms with Crippen molar-refractivity contribution in [1.29, 1.82) is 0 Å². The molecular weight excluding hydrogens is 222 g/mol. The van der Waals surface area contributed by atoms with Crippen molar-refractivity contribution >= 4 is 23.0 Å². The minimum Gasteiger partial charge on any atom is -0.378 e. The van der Waals surface area contributed by atoms with Gasteiger partial charge in [0, 0.05) is 37.4 Å². The van der Waals surface area contributed by atoms with Crippen LogP contribution in [0.5, 0.6) is 0 Å². The van der Waals surface area contributed by atoms with Crippen LogP contribution in [0.2, 0.25) is 0 Å². The topological polar surface area (TPSA) is 53.9 Å². The molecule has 0 aliphatic rings. The largest absolute Gasteiger partial charge is 0.378 e. The maximum Gasteiger partial charge on any atom is 0.128 e. The highest BCUT2D eigenvalue weighted by Crippen LogP contribution is 2.14. The Kier molecular flexibility index (Phi) is 3.31. The Morgan fingerprint density at radius 2 is 2.31 bits per heavy atom. The van der Waals surface area contributed by atoms with Gasteiger partial charge in [-0.15, -0.1) is 5.10 Å². The van der Waals surface area contributed by atoms with Gasteiger partial charge in [-0.05, 0) is 17.6 Å². The van der Waals surface area contributed by atoms with Crippen molar-refractivity contribution < 1.29 is 0 Å². The highest BCUT2D eigenvalue weighted by molar-refractivity contribution is 7.03. The summed E-state index contributed by atoms with van der Waals surface area (Å²) < 4.78 is 3.80. The molecule has 0 aromatic carbocycles. The Balaban J connectivity index is 2.01. The molecule has 0 radical (unpaired) electrons. The van der Waals surface area contributed by atoms with Crippen molar-refractivity contribution in [2.24, 2.45) is 0 Å². The van der Waals surface area contributed by atoms with E-state index in [4.69, 9.17) is 0 Å². The van der Waals surface area contributed by atoms with Crippen molar-refractivity contribution in [3.8, 4) is 0 Å². The van der Waals surface area contributed by atoms with Gasteiger partial charge in [-0.2, -0.15) is 0 Å². The Labute approximate surface area is 98.3 Å². The molecule has 16 heavy (non-hydrogen) atoms. The van der Waals surface area contributed by atoms with E-state index in [1.807, 2.05) is 36.5 Å². The normalized spacial score (nSPS) is 10.1. The predicted octanol–water partition coefficient (Wildman–Crippen LogP) is 1.61. The van der Waals surface area contributed by atoms with E-state index < -0.39 is 0 Å². The van der Waals surface area contributed by atoms with E-state index >= 15 is 0 Å². The van der Waals surface area contributed by atoms with Gasteiger partial charge >= 0.3 is 0 Å². The molecule has 5 nitrogen and oxygen atoms in total. The zero-order valence-corrected chi connectivity index (χ0v) is 10.0. The number of rotatable bonds is 4. The van der Waals surface area contributed by atoms with Crippen molar-refractivity contribution in [2.45, 2.75) is 6.54 Å². The molecule has 0 amide bonds. The van der Waals surface area contributed by atoms with Gasteiger partial charge in [-0.3, -0.25) is 0 Å². The van der Waals surface area contributed by atoms with Crippen LogP contribution in [0.1, 0.15) is 5.69 Å². The van der Waals surface area contributed by atoms with E-state index in [0.717, 1.165) is 17.2 Å². The van der Waals surface area contributed by atoms with Crippen molar-refractivity contribution in [1.82, 2.24) is 14.6 Å². The van der Waals surface area contributed by atoms with Crippen LogP contribution in [0.4, 0.5) is 11.5 Å². The summed E-state index contributed by atoms with van der Waals surface area (Å²) in [6.07, 6.45) is 1.79. The first-order valence-corrected chi connectivity index (χ1v) is 5.72. The quantitative estimate of drug-likeness (QED) is 0.872. The third-order valence-electron chi connectivity index (χ3n) is 2.12. The maximum atomic E-state index is 4.24. The molecule has 2 aromatic heterocycles. The monoisotopic (exact) mass is 235 g/mol. The van der Waals surface area contributed by atoms with E-state index in [2.05, 4.69) is 19.9 Å². The number of aromatic nitrogens is 3. The predicted molar refractivity (Wildman–Crippen MR) is 65.8 cm³/mol. The van der Waals surface area contributed by atoms with Crippen molar-refractivity contribution in [3.63, 3.8) is 0 Å². The molecule has 0 unspecified atom stereocenters. The number of nitrogens with one attached hydrogen (secondary N) is 1. The number of nitrogens with zero attached hydrogens (tertiary/aromatic N) is 4. The van der Waals surface area contributed by atoms with Gasteiger partial charge < -0.3 is 10.2 Å². The van der Waals surface area contributed by atoms with Gasteiger partial charge in [0.2, 0.25) is 0 Å². The van der Waals surface area contributed by atoms with Crippen molar-refractivity contribution in [2.75, 3.05) is 24.3 Å². The lowest BCUT2D eigenvalue weighted by Crippen LogP contribution is -2.09. The average molecular weight is 235 g/mol. The SMILES string of the molecule is CN(C)c1ccnc(NCc2csnn2)c1. The molecule has 1 N–H and O–H groups in total. The van der Waals surface area contributed by atoms with E-state index in [1.54, 1.807) is 6.20 Å². The van der Waals surface area contributed by atoms with Crippen LogP contribution >= 0.6 is 11.5 Å². The molecule has 0 fully saturated rings. The van der Waals surface area contributed by atoms with Gasteiger partial charge in [0.15, 0.2) is 0 Å². The zero-order valence-electron chi connectivity index (χ0n) is 9.21. The Bertz CT molecular complexity index is 440. The molecule has 2 aromatic rings. The summed E-state index contributed by atoms with van der Waals surface area (Å²) in [5, 5.41) is 9.08. The van der Waals surface area contributed by atoms with Gasteiger partial charge in [0.1, 0.15) is 5.82 Å². The first kappa shape index (κ1) is 10.8. The number of anilines is 2. The van der Waals surface area contributed by atoms with Gasteiger partial charge in [0.25, 0.3) is 0 Å². The average Bonchev–Trinajstić information content (AvgIpc) is 2.79. The van der Waals surface area contributed by atoms with Crippen LogP contribution in [0, 0.1) is 0 Å². The highest BCUT2D eigenvalue weighted by Gasteiger charge is 2.00. The number of hydrogen-bond acceptors (Lipinski definition) is 6. The van der Waals surface area contributed by atoms with Gasteiger partial charge in [0.05, 0.1) is 12.2 Å². The van der Waals surface area contributed by atoms with Crippen LogP contribution in [-0.4, -0.2) is 28.7 Å². The molecule has 0 saturated heterocycles. The molecule has 0 aliphatic carbocycles. The molecule has 0 spiro atoms. The summed E-state index contributed by atoms with van der Waals surface area (Å²) in [6, 6.07) is 3.97. The number of pyridine rings is 1. The van der Waals surface area contributed by atoms with Crippen LogP contribution < -0.4 is 10.2 Å². The molecule has 0 bridgehead atoms. The standard InChI is InChI=1S/C10H13N5S/c1-15(2)9-3-4-11-10(5-9)12-6-8-7-16-14-13-8/h3-5,7H,6H2,1-2H3,(H,11,12). The highest BCUT2D eigenvalue weighted by atomic mass is 32.1. The fourth-order valence-corrected chi connectivity index (χ4v) is 1.69. The summed E-state index contributed by atoms with van der Waals surface area (Å²) in [7, 11) is 4.01. The molecule has 84 valence electrons. The Morgan fingerprint density at radius 3 is 3.00 bits per heavy atom. The van der Waals surface area contributed by atoms with Crippen LogP contribution in [-0.2, 0) is 6.54 Å². The summed E-state index contributed by atoms with van der Waals surface area (Å²) in [4.78, 5) is 6.28. The van der Waals surface area contributed by atoms with Gasteiger partial charge in [-0.1, -0.05) is 4.49 Å². The maximum absolute atomic E-state index is 4.24. The first-order valence-electron chi connectivity index (χ1n) is 4.89. The summed E-state index contributed by atoms with van der Waals surface area (Å²) in [5.74, 6) is 0.846. The molecule has 2 heterocycles. The second-order valence-electron chi connectivity index (χ2n) is 3.54. The molecule has 6 heteroatoms. The molecule has 0 saturated carbocycles. The van der Waals surface area contributed by atoms with Crippen molar-refractivity contribution in [3.05, 3.63) is 29.4 Å². The fraction of sp³-hybridized carbons (Fsp3) is 0.300. The second kappa shape index (κ2) is 4.89. The molecule has 0 aliphatic heterocycles. The third-order valence-corrected chi connectivity index (χ3v) is 2.67. The lowest BCUT2D eigenvalue weighted by atomic mass is 10.3. The van der Waals surface area contributed by atoms with Crippen LogP contribution in [0.15, 0.2) is 23.7 Å². The minimum absolute atomic E-state index is 0.653. The molecule has 2 rings (SSSR count). The smallest absolute Gasteiger partial charge is 0.128 e. The fourth-order valence-electron chi connectivity index (χ4n) is 1.24. The molecule has 0 atom stereocenters. The minimum atomic E-state index is 0.653. The lowest BCUT2D eigenvalue weighted by Gasteiger charge is -2.13. The number of hydrogen-bond donors (Lipinski definition) is 1.